The molecule has 1 heterocycles. The molecule has 0 aromatic carbocycles. The Morgan fingerprint density at radius 1 is 1.22 bits per heavy atom. The second-order valence-electron chi connectivity index (χ2n) is 5.23. The smallest absolute Gasteiger partial charge is 0.307 e. The van der Waals surface area contributed by atoms with E-state index >= 15 is 0 Å². The number of ether oxygens (including phenoxy) is 1. The lowest BCUT2D eigenvalue weighted by molar-refractivity contribution is -0.150. The first-order valence-corrected chi connectivity index (χ1v) is 6.72. The predicted molar refractivity (Wildman–Crippen MR) is 65.0 cm³/mol. The average Bonchev–Trinajstić information content (AvgIpc) is 2.83. The number of carbonyl (C=O) groups excluding carboxylic acids is 1. The molecule has 1 saturated carbocycles. The lowest BCUT2D eigenvalue weighted by Gasteiger charge is -2.30. The predicted octanol–water partition coefficient (Wildman–Crippen LogP) is 0.982. The Kier molecular flexibility index (Phi) is 4.22. The van der Waals surface area contributed by atoms with Crippen LogP contribution in [0.3, 0.4) is 0 Å². The van der Waals surface area contributed by atoms with Crippen molar-refractivity contribution in [3.8, 4) is 0 Å². The van der Waals surface area contributed by atoms with Gasteiger partial charge in [-0.15, -0.1) is 0 Å². The van der Waals surface area contributed by atoms with Crippen LogP contribution >= 0.6 is 0 Å². The number of hydrogen-bond donors (Lipinski definition) is 1. The van der Waals surface area contributed by atoms with Crippen LogP contribution in [0.1, 0.15) is 26.2 Å². The molecule has 5 heteroatoms. The van der Waals surface area contributed by atoms with Gasteiger partial charge in [0.15, 0.2) is 0 Å². The molecule has 5 nitrogen and oxygen atoms in total. The van der Waals surface area contributed by atoms with E-state index in [-0.39, 0.29) is 11.8 Å². The van der Waals surface area contributed by atoms with E-state index in [1.807, 2.05) is 0 Å². The lowest BCUT2D eigenvalue weighted by Crippen LogP contribution is -2.45. The highest BCUT2D eigenvalue weighted by molar-refractivity contribution is 5.85. The molecule has 3 unspecified atom stereocenters. The highest BCUT2D eigenvalue weighted by Crippen LogP contribution is 2.39. The van der Waals surface area contributed by atoms with Crippen molar-refractivity contribution in [3.63, 3.8) is 0 Å². The molecule has 1 amide bonds. The standard InChI is InChI=1S/C13H21NO4/c1-2-9-7-10(11(8-9)13(16)17)12(15)14-3-5-18-6-4-14/h9-11H,2-8H2,1H3,(H,16,17). The van der Waals surface area contributed by atoms with Gasteiger partial charge in [-0.2, -0.15) is 0 Å². The summed E-state index contributed by atoms with van der Waals surface area (Å²) < 4.78 is 5.22. The van der Waals surface area contributed by atoms with Gasteiger partial charge < -0.3 is 14.7 Å². The number of morpholine rings is 1. The molecule has 1 aliphatic heterocycles. The first kappa shape index (κ1) is 13.3. The summed E-state index contributed by atoms with van der Waals surface area (Å²) in [5.74, 6) is -1.25. The summed E-state index contributed by atoms with van der Waals surface area (Å²) in [5.41, 5.74) is 0. The summed E-state index contributed by atoms with van der Waals surface area (Å²) >= 11 is 0. The fourth-order valence-electron chi connectivity index (χ4n) is 3.04. The van der Waals surface area contributed by atoms with Crippen LogP contribution in [0, 0.1) is 17.8 Å². The number of hydrogen-bond acceptors (Lipinski definition) is 3. The quantitative estimate of drug-likeness (QED) is 0.816. The van der Waals surface area contributed by atoms with Gasteiger partial charge in [0.05, 0.1) is 25.0 Å². The van der Waals surface area contributed by atoms with Crippen molar-refractivity contribution in [1.29, 1.82) is 0 Å². The van der Waals surface area contributed by atoms with E-state index in [9.17, 15) is 14.7 Å². The summed E-state index contributed by atoms with van der Waals surface area (Å²) in [6, 6.07) is 0. The zero-order valence-electron chi connectivity index (χ0n) is 10.8. The van der Waals surface area contributed by atoms with Gasteiger partial charge in [0.25, 0.3) is 0 Å². The van der Waals surface area contributed by atoms with Gasteiger partial charge in [-0.05, 0) is 18.8 Å². The minimum atomic E-state index is -0.822. The van der Waals surface area contributed by atoms with E-state index in [0.29, 0.717) is 38.6 Å². The molecule has 102 valence electrons. The second-order valence-corrected chi connectivity index (χ2v) is 5.23. The van der Waals surface area contributed by atoms with Gasteiger partial charge in [-0.1, -0.05) is 13.3 Å². The van der Waals surface area contributed by atoms with Gasteiger partial charge in [0, 0.05) is 13.1 Å². The summed E-state index contributed by atoms with van der Waals surface area (Å²) in [6.07, 6.45) is 2.33. The maximum atomic E-state index is 12.4. The highest BCUT2D eigenvalue weighted by atomic mass is 16.5. The molecule has 2 rings (SSSR count). The molecular formula is C13H21NO4. The summed E-state index contributed by atoms with van der Waals surface area (Å²) in [7, 11) is 0. The Morgan fingerprint density at radius 3 is 2.39 bits per heavy atom. The molecule has 18 heavy (non-hydrogen) atoms. The molecule has 1 N–H and O–H groups in total. The SMILES string of the molecule is CCC1CC(C(=O)O)C(C(=O)N2CCOCC2)C1. The van der Waals surface area contributed by atoms with E-state index in [0.717, 1.165) is 12.8 Å². The van der Waals surface area contributed by atoms with Gasteiger partial charge in [0.1, 0.15) is 0 Å². The minimum Gasteiger partial charge on any atom is -0.481 e. The lowest BCUT2D eigenvalue weighted by atomic mass is 9.94. The molecule has 1 aliphatic carbocycles. The number of aliphatic carboxylic acids is 1. The van der Waals surface area contributed by atoms with Crippen molar-refractivity contribution >= 4 is 11.9 Å². The zero-order chi connectivity index (χ0) is 13.1. The number of carbonyl (C=O) groups is 2. The highest BCUT2D eigenvalue weighted by Gasteiger charge is 2.43. The van der Waals surface area contributed by atoms with Crippen molar-refractivity contribution in [2.45, 2.75) is 26.2 Å². The number of rotatable bonds is 3. The van der Waals surface area contributed by atoms with Crippen LogP contribution in [0.15, 0.2) is 0 Å². The third kappa shape index (κ3) is 2.66. The van der Waals surface area contributed by atoms with Crippen LogP contribution in [0.4, 0.5) is 0 Å². The van der Waals surface area contributed by atoms with E-state index in [4.69, 9.17) is 4.74 Å². The van der Waals surface area contributed by atoms with Crippen molar-refractivity contribution < 1.29 is 19.4 Å². The molecule has 0 bridgehead atoms. The molecule has 0 spiro atoms. The topological polar surface area (TPSA) is 66.8 Å². The largest absolute Gasteiger partial charge is 0.481 e. The van der Waals surface area contributed by atoms with Crippen LogP contribution in [0.2, 0.25) is 0 Å². The first-order valence-electron chi connectivity index (χ1n) is 6.72. The van der Waals surface area contributed by atoms with E-state index in [2.05, 4.69) is 6.92 Å². The fraction of sp³-hybridized carbons (Fsp3) is 0.846. The molecule has 2 fully saturated rings. The normalized spacial score (nSPS) is 32.5. The monoisotopic (exact) mass is 255 g/mol. The van der Waals surface area contributed by atoms with Gasteiger partial charge in [-0.3, -0.25) is 9.59 Å². The Bertz CT molecular complexity index is 325. The van der Waals surface area contributed by atoms with E-state index in [1.165, 1.54) is 0 Å². The van der Waals surface area contributed by atoms with Crippen LogP contribution in [0.5, 0.6) is 0 Å². The molecular weight excluding hydrogens is 234 g/mol. The third-order valence-electron chi connectivity index (χ3n) is 4.19. The van der Waals surface area contributed by atoms with Crippen molar-refractivity contribution in [3.05, 3.63) is 0 Å². The Balaban J connectivity index is 2.04. The van der Waals surface area contributed by atoms with Gasteiger partial charge in [-0.25, -0.2) is 0 Å². The molecule has 2 aliphatic rings. The van der Waals surface area contributed by atoms with Gasteiger partial charge in [0.2, 0.25) is 5.91 Å². The van der Waals surface area contributed by atoms with Crippen molar-refractivity contribution in [1.82, 2.24) is 4.90 Å². The molecule has 0 aromatic rings. The number of nitrogens with zero attached hydrogens (tertiary/aromatic N) is 1. The number of amides is 1. The minimum absolute atomic E-state index is 0.0154. The first-order chi connectivity index (χ1) is 8.63. The van der Waals surface area contributed by atoms with Crippen molar-refractivity contribution in [2.24, 2.45) is 17.8 Å². The Labute approximate surface area is 107 Å². The van der Waals surface area contributed by atoms with Crippen LogP contribution in [-0.2, 0) is 14.3 Å². The van der Waals surface area contributed by atoms with Crippen LogP contribution in [0.25, 0.3) is 0 Å². The summed E-state index contributed by atoms with van der Waals surface area (Å²) in [6.45, 7) is 4.38. The van der Waals surface area contributed by atoms with E-state index in [1.54, 1.807) is 4.90 Å². The molecule has 3 atom stereocenters. The van der Waals surface area contributed by atoms with Gasteiger partial charge >= 0.3 is 5.97 Å². The van der Waals surface area contributed by atoms with Crippen molar-refractivity contribution in [2.75, 3.05) is 26.3 Å². The summed E-state index contributed by atoms with van der Waals surface area (Å²) in [4.78, 5) is 25.4. The fourth-order valence-corrected chi connectivity index (χ4v) is 3.04. The summed E-state index contributed by atoms with van der Waals surface area (Å²) in [5, 5.41) is 9.25. The Hall–Kier alpha value is -1.10. The van der Waals surface area contributed by atoms with E-state index < -0.39 is 11.9 Å². The third-order valence-corrected chi connectivity index (χ3v) is 4.19. The number of carboxylic acids is 1. The van der Waals surface area contributed by atoms with Crippen LogP contribution in [-0.4, -0.2) is 48.2 Å². The molecule has 0 radical (unpaired) electrons. The average molecular weight is 255 g/mol. The number of carboxylic acid groups (broad SMARTS) is 1. The maximum absolute atomic E-state index is 12.4. The molecule has 1 saturated heterocycles. The maximum Gasteiger partial charge on any atom is 0.307 e. The van der Waals surface area contributed by atoms with Crippen LogP contribution < -0.4 is 0 Å². The Morgan fingerprint density at radius 2 is 1.83 bits per heavy atom. The second kappa shape index (κ2) is 5.69. The zero-order valence-corrected chi connectivity index (χ0v) is 10.8. The molecule has 0 aromatic heterocycles.